The maximum Gasteiger partial charge on any atom is 0.231 e. The monoisotopic (exact) mass is 384 g/mol. The van der Waals surface area contributed by atoms with Crippen molar-refractivity contribution in [2.75, 3.05) is 19.9 Å². The highest BCUT2D eigenvalue weighted by molar-refractivity contribution is 6.31. The van der Waals surface area contributed by atoms with Crippen molar-refractivity contribution in [3.63, 3.8) is 0 Å². The van der Waals surface area contributed by atoms with Gasteiger partial charge in [0.2, 0.25) is 18.5 Å². The molecule has 0 bridgehead atoms. The summed E-state index contributed by atoms with van der Waals surface area (Å²) in [5.74, 6) is 2.97. The van der Waals surface area contributed by atoms with Gasteiger partial charge in [-0.1, -0.05) is 16.8 Å². The van der Waals surface area contributed by atoms with Gasteiger partial charge in [0.05, 0.1) is 5.92 Å². The second kappa shape index (κ2) is 6.83. The van der Waals surface area contributed by atoms with Gasteiger partial charge in [-0.15, -0.1) is 0 Å². The summed E-state index contributed by atoms with van der Waals surface area (Å²) in [5, 5.41) is 4.80. The van der Waals surface area contributed by atoms with Crippen LogP contribution >= 0.6 is 11.6 Å². The van der Waals surface area contributed by atoms with Gasteiger partial charge in [0, 0.05) is 42.1 Å². The van der Waals surface area contributed by atoms with Crippen molar-refractivity contribution in [2.24, 2.45) is 0 Å². The van der Waals surface area contributed by atoms with Gasteiger partial charge in [-0.05, 0) is 36.7 Å². The minimum absolute atomic E-state index is 0.223. The summed E-state index contributed by atoms with van der Waals surface area (Å²) in [6, 6.07) is 7.53. The Morgan fingerprint density at radius 3 is 2.81 bits per heavy atom. The minimum Gasteiger partial charge on any atom is -0.454 e. The molecule has 0 amide bonds. The summed E-state index contributed by atoms with van der Waals surface area (Å²) >= 11 is 6.40. The van der Waals surface area contributed by atoms with E-state index in [0.29, 0.717) is 22.5 Å². The number of likely N-dealkylation sites (tertiary alicyclic amines) is 1. The number of fused-ring (bicyclic) bond motifs is 1. The topological polar surface area (TPSA) is 73.5 Å². The third-order valence-corrected chi connectivity index (χ3v) is 5.29. The Labute approximate surface area is 160 Å². The van der Waals surface area contributed by atoms with Crippen molar-refractivity contribution < 1.29 is 14.0 Å². The lowest BCUT2D eigenvalue weighted by Crippen LogP contribution is -2.20. The standard InChI is InChI=1S/C19H17ClN4O3/c20-15-8-17-16(25-11-26-17)7-14(15)10-24-6-3-13(9-24)19-22-18(23-27-19)12-1-4-21-5-2-12/h1-2,4-5,7-8,13H,3,6,9-11H2/t13-/m1/s1. The Morgan fingerprint density at radius 2 is 1.96 bits per heavy atom. The van der Waals surface area contributed by atoms with Crippen LogP contribution in [0.15, 0.2) is 41.2 Å². The molecule has 0 radical (unpaired) electrons. The lowest BCUT2D eigenvalue weighted by atomic mass is 10.1. The zero-order valence-electron chi connectivity index (χ0n) is 14.5. The van der Waals surface area contributed by atoms with Crippen LogP contribution in [0.1, 0.15) is 23.8 Å². The molecule has 5 rings (SSSR count). The Hall–Kier alpha value is -2.64. The predicted octanol–water partition coefficient (Wildman–Crippen LogP) is 3.50. The van der Waals surface area contributed by atoms with Crippen molar-refractivity contribution in [3.05, 3.63) is 53.1 Å². The van der Waals surface area contributed by atoms with Crippen LogP contribution < -0.4 is 9.47 Å². The molecule has 2 aliphatic rings. The minimum atomic E-state index is 0.223. The van der Waals surface area contributed by atoms with Crippen LogP contribution in [-0.4, -0.2) is 39.9 Å². The third-order valence-electron chi connectivity index (χ3n) is 4.94. The van der Waals surface area contributed by atoms with E-state index >= 15 is 0 Å². The van der Waals surface area contributed by atoms with Gasteiger partial charge >= 0.3 is 0 Å². The largest absolute Gasteiger partial charge is 0.454 e. The predicted molar refractivity (Wildman–Crippen MR) is 97.7 cm³/mol. The first-order chi connectivity index (χ1) is 13.3. The number of aromatic nitrogens is 3. The first kappa shape index (κ1) is 16.5. The fourth-order valence-corrected chi connectivity index (χ4v) is 3.73. The van der Waals surface area contributed by atoms with Gasteiger partial charge in [0.25, 0.3) is 0 Å². The zero-order valence-corrected chi connectivity index (χ0v) is 15.2. The summed E-state index contributed by atoms with van der Waals surface area (Å²) in [5.41, 5.74) is 1.94. The lowest BCUT2D eigenvalue weighted by Gasteiger charge is -2.16. The van der Waals surface area contributed by atoms with E-state index in [-0.39, 0.29) is 12.7 Å². The summed E-state index contributed by atoms with van der Waals surface area (Å²) in [4.78, 5) is 10.9. The molecule has 1 atom stereocenters. The highest BCUT2D eigenvalue weighted by atomic mass is 35.5. The first-order valence-electron chi connectivity index (χ1n) is 8.80. The van der Waals surface area contributed by atoms with Gasteiger partial charge in [0.15, 0.2) is 11.5 Å². The Morgan fingerprint density at radius 1 is 1.15 bits per heavy atom. The van der Waals surface area contributed by atoms with Crippen LogP contribution in [0.5, 0.6) is 11.5 Å². The summed E-state index contributed by atoms with van der Waals surface area (Å²) in [7, 11) is 0. The van der Waals surface area contributed by atoms with Crippen molar-refractivity contribution in [1.29, 1.82) is 0 Å². The molecule has 4 heterocycles. The van der Waals surface area contributed by atoms with Gasteiger partial charge in [-0.3, -0.25) is 9.88 Å². The van der Waals surface area contributed by atoms with Crippen LogP contribution in [0.4, 0.5) is 0 Å². The summed E-state index contributed by atoms with van der Waals surface area (Å²) in [6.07, 6.45) is 4.41. The molecule has 0 unspecified atom stereocenters. The second-order valence-corrected chi connectivity index (χ2v) is 7.12. The molecule has 1 fully saturated rings. The van der Waals surface area contributed by atoms with E-state index in [4.69, 9.17) is 25.6 Å². The molecule has 138 valence electrons. The molecule has 27 heavy (non-hydrogen) atoms. The number of rotatable bonds is 4. The number of nitrogens with zero attached hydrogens (tertiary/aromatic N) is 4. The number of halogens is 1. The molecule has 2 aromatic heterocycles. The zero-order chi connectivity index (χ0) is 18.2. The molecule has 1 saturated heterocycles. The van der Waals surface area contributed by atoms with Crippen molar-refractivity contribution in [1.82, 2.24) is 20.0 Å². The third kappa shape index (κ3) is 3.24. The van der Waals surface area contributed by atoms with E-state index in [1.807, 2.05) is 24.3 Å². The normalized spacial score (nSPS) is 18.9. The Kier molecular flexibility index (Phi) is 4.18. The summed E-state index contributed by atoms with van der Waals surface area (Å²) in [6.45, 7) is 2.79. The van der Waals surface area contributed by atoms with E-state index < -0.39 is 0 Å². The molecule has 3 aromatic rings. The van der Waals surface area contributed by atoms with Gasteiger partial charge in [0.1, 0.15) is 0 Å². The van der Waals surface area contributed by atoms with Crippen molar-refractivity contribution >= 4 is 11.6 Å². The lowest BCUT2D eigenvalue weighted by molar-refractivity contribution is 0.174. The molecular weight excluding hydrogens is 368 g/mol. The maximum absolute atomic E-state index is 6.40. The summed E-state index contributed by atoms with van der Waals surface area (Å²) < 4.78 is 16.3. The van der Waals surface area contributed by atoms with E-state index in [9.17, 15) is 0 Å². The van der Waals surface area contributed by atoms with Gasteiger partial charge < -0.3 is 14.0 Å². The smallest absolute Gasteiger partial charge is 0.231 e. The molecule has 7 nitrogen and oxygen atoms in total. The fourth-order valence-electron chi connectivity index (χ4n) is 3.52. The van der Waals surface area contributed by atoms with E-state index in [0.717, 1.165) is 42.9 Å². The molecule has 0 spiro atoms. The maximum atomic E-state index is 6.40. The van der Waals surface area contributed by atoms with Crippen LogP contribution in [0.3, 0.4) is 0 Å². The van der Waals surface area contributed by atoms with E-state index in [1.54, 1.807) is 12.4 Å². The van der Waals surface area contributed by atoms with Crippen LogP contribution in [-0.2, 0) is 6.54 Å². The molecule has 2 aliphatic heterocycles. The number of benzene rings is 1. The number of hydrogen-bond donors (Lipinski definition) is 0. The first-order valence-corrected chi connectivity index (χ1v) is 9.18. The highest BCUT2D eigenvalue weighted by Crippen LogP contribution is 2.38. The SMILES string of the molecule is Clc1cc2c(cc1CN1CC[C@@H](c3nc(-c4ccncc4)no3)C1)OCO2. The van der Waals surface area contributed by atoms with Gasteiger partial charge in [-0.25, -0.2) is 0 Å². The second-order valence-electron chi connectivity index (χ2n) is 6.71. The van der Waals surface area contributed by atoms with E-state index in [1.165, 1.54) is 0 Å². The molecule has 0 saturated carbocycles. The number of pyridine rings is 1. The molecule has 0 aliphatic carbocycles. The Bertz CT molecular complexity index is 963. The quantitative estimate of drug-likeness (QED) is 0.681. The van der Waals surface area contributed by atoms with Gasteiger partial charge in [-0.2, -0.15) is 4.98 Å². The van der Waals surface area contributed by atoms with Crippen LogP contribution in [0.2, 0.25) is 5.02 Å². The fraction of sp³-hybridized carbons (Fsp3) is 0.316. The van der Waals surface area contributed by atoms with Crippen molar-refractivity contribution in [3.8, 4) is 22.9 Å². The Balaban J connectivity index is 1.28. The van der Waals surface area contributed by atoms with Crippen molar-refractivity contribution in [2.45, 2.75) is 18.9 Å². The van der Waals surface area contributed by atoms with E-state index in [2.05, 4.69) is 20.0 Å². The number of hydrogen-bond acceptors (Lipinski definition) is 7. The molecule has 0 N–H and O–H groups in total. The molecular formula is C19H17ClN4O3. The highest BCUT2D eigenvalue weighted by Gasteiger charge is 2.29. The molecule has 1 aromatic carbocycles. The van der Waals surface area contributed by atoms with Crippen LogP contribution in [0, 0.1) is 0 Å². The average molecular weight is 385 g/mol. The number of ether oxygens (including phenoxy) is 2. The van der Waals surface area contributed by atoms with Crippen LogP contribution in [0.25, 0.3) is 11.4 Å². The average Bonchev–Trinajstić information content (AvgIpc) is 3.43. The molecule has 8 heteroatoms.